The maximum atomic E-state index is 14.6. The van der Waals surface area contributed by atoms with Crippen LogP contribution in [0.25, 0.3) is 0 Å². The lowest BCUT2D eigenvalue weighted by atomic mass is 10.1. The van der Waals surface area contributed by atoms with E-state index in [-0.39, 0.29) is 22.7 Å². The van der Waals surface area contributed by atoms with Crippen molar-refractivity contribution in [2.45, 2.75) is 37.8 Å². The van der Waals surface area contributed by atoms with E-state index in [4.69, 9.17) is 9.47 Å². The van der Waals surface area contributed by atoms with Gasteiger partial charge in [-0.3, -0.25) is 13.9 Å². The molecule has 0 aromatic heterocycles. The Kier molecular flexibility index (Phi) is 9.26. The number of sulfonamides is 1. The Bertz CT molecular complexity index is 1450. The first kappa shape index (κ1) is 28.9. The minimum atomic E-state index is -4.24. The van der Waals surface area contributed by atoms with E-state index >= 15 is 0 Å². The summed E-state index contributed by atoms with van der Waals surface area (Å²) in [6, 6.07) is 17.3. The molecular weight excluding hydrogens is 537 g/mol. The molecule has 3 aromatic carbocycles. The van der Waals surface area contributed by atoms with E-state index in [2.05, 4.69) is 5.32 Å². The van der Waals surface area contributed by atoms with Gasteiger partial charge in [0.1, 0.15) is 31.6 Å². The highest BCUT2D eigenvalue weighted by atomic mass is 32.2. The Morgan fingerprint density at radius 1 is 0.975 bits per heavy atom. The summed E-state index contributed by atoms with van der Waals surface area (Å²) in [4.78, 5) is 28.0. The highest BCUT2D eigenvalue weighted by Gasteiger charge is 2.33. The largest absolute Gasteiger partial charge is 0.486 e. The van der Waals surface area contributed by atoms with Crippen LogP contribution in [-0.2, 0) is 26.2 Å². The molecule has 212 valence electrons. The van der Waals surface area contributed by atoms with E-state index in [9.17, 15) is 22.4 Å². The van der Waals surface area contributed by atoms with Crippen LogP contribution in [0.15, 0.2) is 77.7 Å². The van der Waals surface area contributed by atoms with Crippen LogP contribution < -0.4 is 19.1 Å². The Labute approximate surface area is 233 Å². The number of nitrogens with one attached hydrogen (secondary N) is 1. The molecule has 0 fully saturated rings. The summed E-state index contributed by atoms with van der Waals surface area (Å²) in [6.07, 6.45) is 0.687. The van der Waals surface area contributed by atoms with Crippen LogP contribution in [0.3, 0.4) is 0 Å². The first-order valence-electron chi connectivity index (χ1n) is 13.0. The van der Waals surface area contributed by atoms with Crippen LogP contribution in [0.2, 0.25) is 0 Å². The third kappa shape index (κ3) is 6.53. The van der Waals surface area contributed by atoms with E-state index in [1.165, 1.54) is 54.3 Å². The number of nitrogens with zero attached hydrogens (tertiary/aromatic N) is 2. The van der Waals surface area contributed by atoms with Gasteiger partial charge in [0, 0.05) is 24.7 Å². The minimum absolute atomic E-state index is 0.0212. The second kappa shape index (κ2) is 12.8. The van der Waals surface area contributed by atoms with E-state index in [0.717, 1.165) is 4.31 Å². The molecule has 3 aromatic rings. The van der Waals surface area contributed by atoms with E-state index in [1.54, 1.807) is 30.3 Å². The second-order valence-corrected chi connectivity index (χ2v) is 11.1. The number of carbonyl (C=O) groups is 2. The summed E-state index contributed by atoms with van der Waals surface area (Å²) >= 11 is 0. The summed E-state index contributed by atoms with van der Waals surface area (Å²) in [5.74, 6) is -0.844. The molecule has 0 aliphatic carbocycles. The van der Waals surface area contributed by atoms with Crippen LogP contribution in [0.5, 0.6) is 11.5 Å². The molecule has 1 aliphatic heterocycles. The molecule has 4 rings (SSSR count). The molecule has 0 bridgehead atoms. The zero-order chi connectivity index (χ0) is 28.7. The number of anilines is 1. The Hall–Kier alpha value is -4.12. The number of hydrogen-bond donors (Lipinski definition) is 1. The maximum Gasteiger partial charge on any atom is 0.264 e. The van der Waals surface area contributed by atoms with Crippen LogP contribution in [0.4, 0.5) is 10.1 Å². The predicted molar refractivity (Wildman–Crippen MR) is 148 cm³/mol. The highest BCUT2D eigenvalue weighted by Crippen LogP contribution is 2.36. The van der Waals surface area contributed by atoms with Gasteiger partial charge >= 0.3 is 0 Å². The zero-order valence-electron chi connectivity index (χ0n) is 22.4. The van der Waals surface area contributed by atoms with Crippen molar-refractivity contribution in [1.29, 1.82) is 0 Å². The van der Waals surface area contributed by atoms with Crippen LogP contribution in [0, 0.1) is 5.82 Å². The molecule has 40 heavy (non-hydrogen) atoms. The van der Waals surface area contributed by atoms with Gasteiger partial charge in [-0.05, 0) is 43.7 Å². The normalized spacial score (nSPS) is 13.3. The minimum Gasteiger partial charge on any atom is -0.486 e. The highest BCUT2D eigenvalue weighted by molar-refractivity contribution is 7.92. The van der Waals surface area contributed by atoms with Crippen LogP contribution in [-0.4, -0.2) is 57.5 Å². The fourth-order valence-corrected chi connectivity index (χ4v) is 5.65. The number of rotatable bonds is 11. The Morgan fingerprint density at radius 3 is 2.35 bits per heavy atom. The van der Waals surface area contributed by atoms with Crippen molar-refractivity contribution < 1.29 is 31.9 Å². The standard InChI is InChI=1S/C29H32FN3O6S/c1-3-15-31-29(35)21(2)32(19-22-9-7-8-12-25(22)30)28(34)20-33(40(36,37)24-10-5-4-6-11-24)23-13-14-26-27(18-23)39-17-16-38-26/h4-14,18,21H,3,15-17,19-20H2,1-2H3,(H,31,35)/t21-/m1/s1. The second-order valence-electron chi connectivity index (χ2n) is 9.23. The molecule has 1 heterocycles. The monoisotopic (exact) mass is 569 g/mol. The third-order valence-electron chi connectivity index (χ3n) is 6.44. The fraction of sp³-hybridized carbons (Fsp3) is 0.310. The molecule has 0 saturated carbocycles. The predicted octanol–water partition coefficient (Wildman–Crippen LogP) is 3.74. The number of amides is 2. The average Bonchev–Trinajstić information content (AvgIpc) is 2.97. The van der Waals surface area contributed by atoms with E-state index in [0.29, 0.717) is 37.7 Å². The lowest BCUT2D eigenvalue weighted by Crippen LogP contribution is -2.51. The molecule has 0 spiro atoms. The molecule has 1 atom stereocenters. The molecule has 1 N–H and O–H groups in total. The lowest BCUT2D eigenvalue weighted by molar-refractivity contribution is -0.139. The smallest absolute Gasteiger partial charge is 0.264 e. The maximum absolute atomic E-state index is 14.6. The molecule has 0 saturated heterocycles. The van der Waals surface area contributed by atoms with Crippen molar-refractivity contribution in [2.75, 3.05) is 30.6 Å². The average molecular weight is 570 g/mol. The van der Waals surface area contributed by atoms with Gasteiger partial charge in [0.25, 0.3) is 10.0 Å². The topological polar surface area (TPSA) is 105 Å². The number of halogens is 1. The van der Waals surface area contributed by atoms with Crippen molar-refractivity contribution >= 4 is 27.5 Å². The molecule has 0 unspecified atom stereocenters. The summed E-state index contributed by atoms with van der Waals surface area (Å²) in [6.45, 7) is 3.61. The number of fused-ring (bicyclic) bond motifs is 1. The lowest BCUT2D eigenvalue weighted by Gasteiger charge is -2.32. The fourth-order valence-electron chi connectivity index (χ4n) is 4.22. The van der Waals surface area contributed by atoms with Crippen molar-refractivity contribution in [1.82, 2.24) is 10.2 Å². The molecular formula is C29H32FN3O6S. The van der Waals surface area contributed by atoms with Gasteiger partial charge in [0.05, 0.1) is 10.6 Å². The molecule has 2 amide bonds. The van der Waals surface area contributed by atoms with Crippen LogP contribution in [0.1, 0.15) is 25.8 Å². The van der Waals surface area contributed by atoms with Gasteiger partial charge in [-0.1, -0.05) is 43.3 Å². The van der Waals surface area contributed by atoms with Crippen molar-refractivity contribution in [3.63, 3.8) is 0 Å². The zero-order valence-corrected chi connectivity index (χ0v) is 23.2. The first-order chi connectivity index (χ1) is 19.2. The summed E-state index contributed by atoms with van der Waals surface area (Å²) in [5.41, 5.74) is 0.373. The van der Waals surface area contributed by atoms with Crippen molar-refractivity contribution in [3.05, 3.63) is 84.2 Å². The Morgan fingerprint density at radius 2 is 1.65 bits per heavy atom. The SMILES string of the molecule is CCCNC(=O)[C@@H](C)N(Cc1ccccc1F)C(=O)CN(c1ccc2c(c1)OCCO2)S(=O)(=O)c1ccccc1. The van der Waals surface area contributed by atoms with Gasteiger partial charge < -0.3 is 19.7 Å². The third-order valence-corrected chi connectivity index (χ3v) is 8.23. The van der Waals surface area contributed by atoms with Gasteiger partial charge in [-0.2, -0.15) is 0 Å². The quantitative estimate of drug-likeness (QED) is 0.377. The molecule has 9 nitrogen and oxygen atoms in total. The number of hydrogen-bond acceptors (Lipinski definition) is 6. The van der Waals surface area contributed by atoms with Gasteiger partial charge in [-0.15, -0.1) is 0 Å². The summed E-state index contributed by atoms with van der Waals surface area (Å²) in [7, 11) is -4.24. The summed E-state index contributed by atoms with van der Waals surface area (Å²) in [5, 5.41) is 2.75. The summed E-state index contributed by atoms with van der Waals surface area (Å²) < 4.78 is 54.5. The number of carbonyl (C=O) groups excluding carboxylic acids is 2. The Balaban J connectivity index is 1.73. The van der Waals surface area contributed by atoms with Gasteiger partial charge in [0.15, 0.2) is 11.5 Å². The van der Waals surface area contributed by atoms with Gasteiger partial charge in [0.2, 0.25) is 11.8 Å². The molecule has 1 aliphatic rings. The van der Waals surface area contributed by atoms with Crippen molar-refractivity contribution in [3.8, 4) is 11.5 Å². The first-order valence-corrected chi connectivity index (χ1v) is 14.4. The van der Waals surface area contributed by atoms with E-state index < -0.39 is 40.2 Å². The number of ether oxygens (including phenoxy) is 2. The van der Waals surface area contributed by atoms with E-state index in [1.807, 2.05) is 6.92 Å². The van der Waals surface area contributed by atoms with Crippen molar-refractivity contribution in [2.24, 2.45) is 0 Å². The molecule has 0 radical (unpaired) electrons. The van der Waals surface area contributed by atoms with Crippen LogP contribution >= 0.6 is 0 Å². The van der Waals surface area contributed by atoms with Gasteiger partial charge in [-0.25, -0.2) is 12.8 Å². The molecule has 11 heteroatoms. The number of benzene rings is 3.